The summed E-state index contributed by atoms with van der Waals surface area (Å²) in [7, 11) is 0. The smallest absolute Gasteiger partial charge is 0.320 e. The highest BCUT2D eigenvalue weighted by atomic mass is 16.6. The zero-order valence-corrected chi connectivity index (χ0v) is 10.6. The average molecular weight is 230 g/mol. The Morgan fingerprint density at radius 2 is 1.62 bits per heavy atom. The number of hydrogen-bond donors (Lipinski definition) is 0. The fourth-order valence-corrected chi connectivity index (χ4v) is 1.17. The molecule has 0 saturated carbocycles. The lowest BCUT2D eigenvalue weighted by molar-refractivity contribution is -0.162. The summed E-state index contributed by atoms with van der Waals surface area (Å²) >= 11 is 0. The van der Waals surface area contributed by atoms with Crippen molar-refractivity contribution in [3.05, 3.63) is 0 Å². The van der Waals surface area contributed by atoms with E-state index in [2.05, 4.69) is 13.8 Å². The van der Waals surface area contributed by atoms with Gasteiger partial charge in [-0.15, -0.1) is 0 Å². The van der Waals surface area contributed by atoms with Gasteiger partial charge in [-0.3, -0.25) is 9.59 Å². The van der Waals surface area contributed by atoms with E-state index in [1.165, 1.54) is 0 Å². The van der Waals surface area contributed by atoms with Crippen molar-refractivity contribution in [3.63, 3.8) is 0 Å². The van der Waals surface area contributed by atoms with Crippen molar-refractivity contribution in [1.82, 2.24) is 0 Å². The highest BCUT2D eigenvalue weighted by Gasteiger charge is 2.27. The van der Waals surface area contributed by atoms with Crippen molar-refractivity contribution >= 4 is 11.9 Å². The number of rotatable bonds is 7. The van der Waals surface area contributed by atoms with Crippen LogP contribution in [0.3, 0.4) is 0 Å². The molecular formula is C12H22O4. The van der Waals surface area contributed by atoms with E-state index in [9.17, 15) is 9.59 Å². The van der Waals surface area contributed by atoms with Crippen LogP contribution in [0.1, 0.15) is 40.5 Å². The Morgan fingerprint density at radius 3 is 2.06 bits per heavy atom. The Bertz CT molecular complexity index is 223. The summed E-state index contributed by atoms with van der Waals surface area (Å²) in [4.78, 5) is 22.9. The van der Waals surface area contributed by atoms with Crippen LogP contribution in [0.25, 0.3) is 0 Å². The molecule has 94 valence electrons. The SMILES string of the molecule is CCOC(=O)C(CC)C(=O)OCCC(C)C. The van der Waals surface area contributed by atoms with Crippen molar-refractivity contribution in [1.29, 1.82) is 0 Å². The predicted molar refractivity (Wildman–Crippen MR) is 60.8 cm³/mol. The number of carbonyl (C=O) groups excluding carboxylic acids is 2. The lowest BCUT2D eigenvalue weighted by Crippen LogP contribution is -2.27. The maximum atomic E-state index is 11.5. The quantitative estimate of drug-likeness (QED) is 0.497. The minimum Gasteiger partial charge on any atom is -0.465 e. The van der Waals surface area contributed by atoms with Gasteiger partial charge in [0, 0.05) is 0 Å². The van der Waals surface area contributed by atoms with Crippen LogP contribution in [-0.4, -0.2) is 25.2 Å². The van der Waals surface area contributed by atoms with Gasteiger partial charge in [-0.05, 0) is 25.7 Å². The molecule has 0 aliphatic heterocycles. The van der Waals surface area contributed by atoms with Gasteiger partial charge in [0.25, 0.3) is 0 Å². The monoisotopic (exact) mass is 230 g/mol. The predicted octanol–water partition coefficient (Wildman–Crippen LogP) is 2.17. The van der Waals surface area contributed by atoms with Gasteiger partial charge in [0.2, 0.25) is 0 Å². The van der Waals surface area contributed by atoms with Crippen molar-refractivity contribution in [2.24, 2.45) is 11.8 Å². The molecule has 1 atom stereocenters. The highest BCUT2D eigenvalue weighted by Crippen LogP contribution is 2.09. The molecule has 0 saturated heterocycles. The Kier molecular flexibility index (Phi) is 7.60. The third-order valence-corrected chi connectivity index (χ3v) is 2.20. The van der Waals surface area contributed by atoms with E-state index in [0.717, 1.165) is 6.42 Å². The number of hydrogen-bond acceptors (Lipinski definition) is 4. The van der Waals surface area contributed by atoms with Crippen LogP contribution < -0.4 is 0 Å². The van der Waals surface area contributed by atoms with E-state index in [1.54, 1.807) is 13.8 Å². The first-order valence-electron chi connectivity index (χ1n) is 5.86. The summed E-state index contributed by atoms with van der Waals surface area (Å²) in [5, 5.41) is 0. The van der Waals surface area contributed by atoms with Crippen LogP contribution in [0.4, 0.5) is 0 Å². The average Bonchev–Trinajstić information content (AvgIpc) is 2.18. The molecule has 0 heterocycles. The van der Waals surface area contributed by atoms with Gasteiger partial charge < -0.3 is 9.47 Å². The second kappa shape index (κ2) is 8.13. The van der Waals surface area contributed by atoms with E-state index >= 15 is 0 Å². The van der Waals surface area contributed by atoms with Crippen LogP contribution in [0.5, 0.6) is 0 Å². The first kappa shape index (κ1) is 14.9. The topological polar surface area (TPSA) is 52.6 Å². The summed E-state index contributed by atoms with van der Waals surface area (Å²) in [6, 6.07) is 0. The van der Waals surface area contributed by atoms with Crippen LogP contribution in [-0.2, 0) is 19.1 Å². The van der Waals surface area contributed by atoms with Crippen LogP contribution >= 0.6 is 0 Å². The molecule has 0 aromatic carbocycles. The maximum Gasteiger partial charge on any atom is 0.320 e. The fourth-order valence-electron chi connectivity index (χ4n) is 1.17. The summed E-state index contributed by atoms with van der Waals surface area (Å²) in [6.45, 7) is 8.24. The Morgan fingerprint density at radius 1 is 1.06 bits per heavy atom. The standard InChI is InChI=1S/C12H22O4/c1-5-10(11(13)15-6-2)12(14)16-8-7-9(3)4/h9-10H,5-8H2,1-4H3. The van der Waals surface area contributed by atoms with Gasteiger partial charge in [-0.1, -0.05) is 20.8 Å². The maximum absolute atomic E-state index is 11.5. The first-order valence-corrected chi connectivity index (χ1v) is 5.86. The van der Waals surface area contributed by atoms with E-state index < -0.39 is 17.9 Å². The molecule has 0 aliphatic rings. The van der Waals surface area contributed by atoms with Gasteiger partial charge in [0.1, 0.15) is 0 Å². The molecule has 0 aliphatic carbocycles. The lowest BCUT2D eigenvalue weighted by atomic mass is 10.1. The fraction of sp³-hybridized carbons (Fsp3) is 0.833. The molecule has 16 heavy (non-hydrogen) atoms. The molecule has 0 bridgehead atoms. The molecule has 0 rings (SSSR count). The molecule has 0 aromatic rings. The normalized spacial score (nSPS) is 12.3. The van der Waals surface area contributed by atoms with Gasteiger partial charge >= 0.3 is 11.9 Å². The van der Waals surface area contributed by atoms with Gasteiger partial charge in [-0.25, -0.2) is 0 Å². The van der Waals surface area contributed by atoms with E-state index in [0.29, 0.717) is 18.9 Å². The van der Waals surface area contributed by atoms with Crippen LogP contribution in [0.15, 0.2) is 0 Å². The number of esters is 2. The van der Waals surface area contributed by atoms with E-state index in [-0.39, 0.29) is 6.61 Å². The molecule has 0 aromatic heterocycles. The Labute approximate surface area is 97.3 Å². The van der Waals surface area contributed by atoms with Crippen LogP contribution in [0.2, 0.25) is 0 Å². The minimum atomic E-state index is -0.771. The third kappa shape index (κ3) is 5.73. The second-order valence-corrected chi connectivity index (χ2v) is 4.06. The molecule has 0 radical (unpaired) electrons. The largest absolute Gasteiger partial charge is 0.465 e. The number of carbonyl (C=O) groups is 2. The molecule has 4 nitrogen and oxygen atoms in total. The molecular weight excluding hydrogens is 208 g/mol. The summed E-state index contributed by atoms with van der Waals surface area (Å²) in [6.07, 6.45) is 1.23. The van der Waals surface area contributed by atoms with Crippen molar-refractivity contribution in [2.75, 3.05) is 13.2 Å². The summed E-state index contributed by atoms with van der Waals surface area (Å²) in [5.41, 5.74) is 0. The highest BCUT2D eigenvalue weighted by molar-refractivity contribution is 5.94. The molecule has 1 unspecified atom stereocenters. The zero-order valence-electron chi connectivity index (χ0n) is 10.6. The van der Waals surface area contributed by atoms with Crippen molar-refractivity contribution < 1.29 is 19.1 Å². The lowest BCUT2D eigenvalue weighted by Gasteiger charge is -2.13. The zero-order chi connectivity index (χ0) is 12.6. The molecule has 0 fully saturated rings. The molecule has 4 heteroatoms. The van der Waals surface area contributed by atoms with Crippen LogP contribution in [0, 0.1) is 11.8 Å². The molecule has 0 N–H and O–H groups in total. The Balaban J connectivity index is 4.05. The van der Waals surface area contributed by atoms with Gasteiger partial charge in [0.05, 0.1) is 13.2 Å². The molecule has 0 spiro atoms. The third-order valence-electron chi connectivity index (χ3n) is 2.20. The van der Waals surface area contributed by atoms with Crippen molar-refractivity contribution in [3.8, 4) is 0 Å². The van der Waals surface area contributed by atoms with Gasteiger partial charge in [-0.2, -0.15) is 0 Å². The minimum absolute atomic E-state index is 0.286. The van der Waals surface area contributed by atoms with E-state index in [1.807, 2.05) is 0 Å². The van der Waals surface area contributed by atoms with E-state index in [4.69, 9.17) is 9.47 Å². The summed E-state index contributed by atoms with van der Waals surface area (Å²) < 4.78 is 9.84. The first-order chi connectivity index (χ1) is 7.52. The van der Waals surface area contributed by atoms with Gasteiger partial charge in [0.15, 0.2) is 5.92 Å². The Hall–Kier alpha value is -1.06. The summed E-state index contributed by atoms with van der Waals surface area (Å²) in [5.74, 6) is -1.25. The van der Waals surface area contributed by atoms with Crippen molar-refractivity contribution in [2.45, 2.75) is 40.5 Å². The molecule has 0 amide bonds. The second-order valence-electron chi connectivity index (χ2n) is 4.06. The number of ether oxygens (including phenoxy) is 2.